The third-order valence-electron chi connectivity index (χ3n) is 4.13. The van der Waals surface area contributed by atoms with Crippen LogP contribution in [-0.2, 0) is 11.0 Å². The molecular formula is C17H18F3N3O. The van der Waals surface area contributed by atoms with Gasteiger partial charge in [-0.1, -0.05) is 26.0 Å². The zero-order valence-corrected chi connectivity index (χ0v) is 13.3. The van der Waals surface area contributed by atoms with E-state index in [9.17, 15) is 13.2 Å². The Morgan fingerprint density at radius 1 is 1.33 bits per heavy atom. The van der Waals surface area contributed by atoms with Gasteiger partial charge < -0.3 is 4.84 Å². The molecule has 128 valence electrons. The topological polar surface area (TPSA) is 39.1 Å². The van der Waals surface area contributed by atoms with Crippen molar-refractivity contribution in [3.8, 4) is 0 Å². The van der Waals surface area contributed by atoms with E-state index in [0.717, 1.165) is 24.2 Å². The minimum absolute atomic E-state index is 0.334. The second kappa shape index (κ2) is 6.32. The normalized spacial score (nSPS) is 19.0. The SMILES string of the molecule is CCC(C)c1ccn(C2=CC(c3cccc(C(F)(F)F)c3)NO2)n1. The zero-order chi connectivity index (χ0) is 17.3. The smallest absolute Gasteiger partial charge is 0.388 e. The third kappa shape index (κ3) is 3.31. The molecule has 0 radical (unpaired) electrons. The van der Waals surface area contributed by atoms with E-state index in [-0.39, 0.29) is 0 Å². The molecule has 3 rings (SSSR count). The lowest BCUT2D eigenvalue weighted by atomic mass is 10.0. The zero-order valence-electron chi connectivity index (χ0n) is 13.3. The van der Waals surface area contributed by atoms with E-state index in [2.05, 4.69) is 24.4 Å². The Morgan fingerprint density at radius 3 is 2.83 bits per heavy atom. The van der Waals surface area contributed by atoms with Crippen LogP contribution in [-0.4, -0.2) is 9.78 Å². The molecule has 0 saturated carbocycles. The Morgan fingerprint density at radius 2 is 2.12 bits per heavy atom. The van der Waals surface area contributed by atoms with Gasteiger partial charge in [0, 0.05) is 12.3 Å². The summed E-state index contributed by atoms with van der Waals surface area (Å²) in [6.07, 6.45) is 0.101. The van der Waals surface area contributed by atoms with Crippen LogP contribution in [0.3, 0.4) is 0 Å². The summed E-state index contributed by atoms with van der Waals surface area (Å²) >= 11 is 0. The molecule has 1 aliphatic rings. The van der Waals surface area contributed by atoms with Gasteiger partial charge in [-0.25, -0.2) is 4.68 Å². The number of nitrogens with zero attached hydrogens (tertiary/aromatic N) is 2. The Kier molecular flexibility index (Phi) is 4.36. The van der Waals surface area contributed by atoms with Gasteiger partial charge in [0.25, 0.3) is 0 Å². The van der Waals surface area contributed by atoms with E-state index >= 15 is 0 Å². The first-order valence-electron chi connectivity index (χ1n) is 7.75. The maximum Gasteiger partial charge on any atom is 0.416 e. The van der Waals surface area contributed by atoms with Gasteiger partial charge in [0.05, 0.1) is 17.3 Å². The lowest BCUT2D eigenvalue weighted by Gasteiger charge is -2.11. The number of rotatable bonds is 4. The van der Waals surface area contributed by atoms with E-state index < -0.39 is 17.8 Å². The summed E-state index contributed by atoms with van der Waals surface area (Å²) in [6.45, 7) is 4.17. The largest absolute Gasteiger partial charge is 0.416 e. The summed E-state index contributed by atoms with van der Waals surface area (Å²) in [5, 5.41) is 4.45. The summed E-state index contributed by atoms with van der Waals surface area (Å²) in [7, 11) is 0. The molecule has 1 aliphatic heterocycles. The molecule has 0 fully saturated rings. The quantitative estimate of drug-likeness (QED) is 0.893. The van der Waals surface area contributed by atoms with Crippen LogP contribution in [0.1, 0.15) is 49.0 Å². The van der Waals surface area contributed by atoms with Gasteiger partial charge in [0.1, 0.15) is 0 Å². The predicted molar refractivity (Wildman–Crippen MR) is 83.6 cm³/mol. The van der Waals surface area contributed by atoms with Crippen LogP contribution >= 0.6 is 0 Å². The number of hydrogen-bond donors (Lipinski definition) is 1. The molecule has 2 unspecified atom stereocenters. The van der Waals surface area contributed by atoms with Crippen molar-refractivity contribution in [1.29, 1.82) is 0 Å². The fourth-order valence-corrected chi connectivity index (χ4v) is 2.46. The molecule has 0 spiro atoms. The Bertz CT molecular complexity index is 752. The molecule has 2 aromatic rings. The highest BCUT2D eigenvalue weighted by Gasteiger charge is 2.31. The molecule has 1 aromatic heterocycles. The number of alkyl halides is 3. The molecule has 7 heteroatoms. The van der Waals surface area contributed by atoms with Crippen LogP contribution in [0.15, 0.2) is 42.6 Å². The molecular weight excluding hydrogens is 319 g/mol. The van der Waals surface area contributed by atoms with Crippen molar-refractivity contribution in [2.24, 2.45) is 0 Å². The van der Waals surface area contributed by atoms with Crippen molar-refractivity contribution in [3.63, 3.8) is 0 Å². The average Bonchev–Trinajstić information content (AvgIpc) is 3.22. The average molecular weight is 337 g/mol. The van der Waals surface area contributed by atoms with E-state index in [0.29, 0.717) is 17.4 Å². The van der Waals surface area contributed by atoms with Crippen LogP contribution in [0, 0.1) is 0 Å². The standard InChI is InChI=1S/C17H18F3N3O/c1-3-11(2)14-7-8-23(21-14)16-10-15(22-24-16)12-5-4-6-13(9-12)17(18,19)20/h4-11,15,22H,3H2,1-2H3. The van der Waals surface area contributed by atoms with Gasteiger partial charge in [0.2, 0.25) is 5.88 Å². The van der Waals surface area contributed by atoms with E-state index in [1.807, 2.05) is 6.07 Å². The minimum atomic E-state index is -4.37. The van der Waals surface area contributed by atoms with Crippen molar-refractivity contribution in [1.82, 2.24) is 15.3 Å². The third-order valence-corrected chi connectivity index (χ3v) is 4.13. The number of benzene rings is 1. The molecule has 0 bridgehead atoms. The summed E-state index contributed by atoms with van der Waals surface area (Å²) in [4.78, 5) is 5.39. The fraction of sp³-hybridized carbons (Fsp3) is 0.353. The monoisotopic (exact) mass is 337 g/mol. The Labute approximate surface area is 137 Å². The maximum absolute atomic E-state index is 12.8. The number of halogens is 3. The second-order valence-corrected chi connectivity index (χ2v) is 5.82. The lowest BCUT2D eigenvalue weighted by molar-refractivity contribution is -0.137. The van der Waals surface area contributed by atoms with Gasteiger partial charge in [-0.2, -0.15) is 18.3 Å². The predicted octanol–water partition coefficient (Wildman–Crippen LogP) is 4.49. The molecule has 24 heavy (non-hydrogen) atoms. The highest BCUT2D eigenvalue weighted by molar-refractivity contribution is 5.43. The fourth-order valence-electron chi connectivity index (χ4n) is 2.46. The van der Waals surface area contributed by atoms with Gasteiger partial charge in [-0.3, -0.25) is 0 Å². The van der Waals surface area contributed by atoms with E-state index in [1.165, 1.54) is 6.07 Å². The molecule has 2 heterocycles. The molecule has 1 aromatic carbocycles. The maximum atomic E-state index is 12.8. The second-order valence-electron chi connectivity index (χ2n) is 5.82. The van der Waals surface area contributed by atoms with Crippen LogP contribution < -0.4 is 5.48 Å². The van der Waals surface area contributed by atoms with Crippen LogP contribution in [0.25, 0.3) is 5.88 Å². The summed E-state index contributed by atoms with van der Waals surface area (Å²) < 4.78 is 40.1. The van der Waals surface area contributed by atoms with E-state index in [1.54, 1.807) is 23.0 Å². The van der Waals surface area contributed by atoms with Gasteiger partial charge in [-0.05, 0) is 36.1 Å². The first kappa shape index (κ1) is 16.6. The van der Waals surface area contributed by atoms with Crippen molar-refractivity contribution >= 4 is 5.88 Å². The van der Waals surface area contributed by atoms with Gasteiger partial charge in [0.15, 0.2) is 0 Å². The first-order chi connectivity index (χ1) is 11.4. The highest BCUT2D eigenvalue weighted by Crippen LogP contribution is 2.32. The Balaban J connectivity index is 1.82. The highest BCUT2D eigenvalue weighted by atomic mass is 19.4. The van der Waals surface area contributed by atoms with Crippen LogP contribution in [0.2, 0.25) is 0 Å². The lowest BCUT2D eigenvalue weighted by Crippen LogP contribution is -2.14. The molecule has 0 aliphatic carbocycles. The van der Waals surface area contributed by atoms with Gasteiger partial charge >= 0.3 is 6.18 Å². The molecule has 1 N–H and O–H groups in total. The molecule has 4 nitrogen and oxygen atoms in total. The number of hydrogen-bond acceptors (Lipinski definition) is 3. The van der Waals surface area contributed by atoms with Gasteiger partial charge in [-0.15, -0.1) is 5.48 Å². The van der Waals surface area contributed by atoms with Crippen molar-refractivity contribution in [3.05, 3.63) is 59.4 Å². The number of aromatic nitrogens is 2. The van der Waals surface area contributed by atoms with E-state index in [4.69, 9.17) is 4.84 Å². The number of hydroxylamine groups is 1. The minimum Gasteiger partial charge on any atom is -0.388 e. The molecule has 0 saturated heterocycles. The van der Waals surface area contributed by atoms with Crippen molar-refractivity contribution in [2.45, 2.75) is 38.4 Å². The summed E-state index contributed by atoms with van der Waals surface area (Å²) in [5.41, 5.74) is 3.48. The van der Waals surface area contributed by atoms with Crippen molar-refractivity contribution in [2.75, 3.05) is 0 Å². The Hall–Kier alpha value is -2.28. The summed E-state index contributed by atoms with van der Waals surface area (Å²) in [6, 6.07) is 6.64. The first-order valence-corrected chi connectivity index (χ1v) is 7.75. The molecule has 0 amide bonds. The molecule has 2 atom stereocenters. The summed E-state index contributed by atoms with van der Waals surface area (Å²) in [5.74, 6) is 0.785. The number of nitrogens with one attached hydrogen (secondary N) is 1. The van der Waals surface area contributed by atoms with Crippen molar-refractivity contribution < 1.29 is 18.0 Å². The van der Waals surface area contributed by atoms with Crippen LogP contribution in [0.5, 0.6) is 0 Å². The van der Waals surface area contributed by atoms with Crippen LogP contribution in [0.4, 0.5) is 13.2 Å².